The number of aliphatic hydroxyl groups excluding tert-OH is 1. The predicted octanol–water partition coefficient (Wildman–Crippen LogP) is 1.25. The molecular formula is C11H19N3O2S. The number of aliphatic hydroxyl groups is 1. The molecule has 1 aromatic heterocycles. The van der Waals surface area contributed by atoms with Crippen molar-refractivity contribution in [2.75, 3.05) is 12.3 Å². The van der Waals surface area contributed by atoms with E-state index in [4.69, 9.17) is 10.8 Å². The van der Waals surface area contributed by atoms with Crippen LogP contribution in [0.15, 0.2) is 5.38 Å². The van der Waals surface area contributed by atoms with E-state index < -0.39 is 0 Å². The Morgan fingerprint density at radius 3 is 2.71 bits per heavy atom. The molecular weight excluding hydrogens is 238 g/mol. The number of thiazole rings is 1. The Hall–Kier alpha value is -1.14. The molecule has 0 saturated heterocycles. The molecule has 1 aromatic rings. The lowest BCUT2D eigenvalue weighted by molar-refractivity contribution is 0.0881. The highest BCUT2D eigenvalue weighted by atomic mass is 32.1. The van der Waals surface area contributed by atoms with Crippen LogP contribution in [0.1, 0.15) is 37.7 Å². The van der Waals surface area contributed by atoms with Crippen LogP contribution in [-0.4, -0.2) is 28.6 Å². The van der Waals surface area contributed by atoms with Crippen molar-refractivity contribution in [1.29, 1.82) is 0 Å². The van der Waals surface area contributed by atoms with E-state index in [9.17, 15) is 4.79 Å². The van der Waals surface area contributed by atoms with Crippen LogP contribution in [0.25, 0.3) is 0 Å². The normalized spacial score (nSPS) is 13.4. The minimum atomic E-state index is -0.244. The summed E-state index contributed by atoms with van der Waals surface area (Å²) in [5.41, 5.74) is 5.70. The lowest BCUT2D eigenvalue weighted by Gasteiger charge is -2.30. The molecule has 1 amide bonds. The van der Waals surface area contributed by atoms with Crippen LogP contribution < -0.4 is 11.1 Å². The van der Waals surface area contributed by atoms with Crippen LogP contribution in [0.4, 0.5) is 5.13 Å². The molecule has 0 aliphatic carbocycles. The average Bonchev–Trinajstić information content (AvgIpc) is 2.62. The molecule has 17 heavy (non-hydrogen) atoms. The Balaban J connectivity index is 2.71. The highest BCUT2D eigenvalue weighted by Crippen LogP contribution is 2.22. The van der Waals surface area contributed by atoms with Crippen molar-refractivity contribution in [3.05, 3.63) is 11.1 Å². The molecule has 0 radical (unpaired) electrons. The number of nitrogens with two attached hydrogens (primary N) is 1. The van der Waals surface area contributed by atoms with Gasteiger partial charge in [0.15, 0.2) is 5.13 Å². The molecule has 0 aliphatic heterocycles. The zero-order valence-corrected chi connectivity index (χ0v) is 11.2. The summed E-state index contributed by atoms with van der Waals surface area (Å²) in [6.45, 7) is 6.09. The number of rotatable bonds is 4. The number of hydrogen-bond donors (Lipinski definition) is 3. The van der Waals surface area contributed by atoms with Crippen LogP contribution in [-0.2, 0) is 0 Å². The van der Waals surface area contributed by atoms with Gasteiger partial charge in [-0.1, -0.05) is 20.8 Å². The van der Waals surface area contributed by atoms with Gasteiger partial charge in [-0.05, 0) is 11.8 Å². The summed E-state index contributed by atoms with van der Waals surface area (Å²) in [5.74, 6) is -0.244. The van der Waals surface area contributed by atoms with E-state index in [-0.39, 0.29) is 24.0 Å². The number of carbonyl (C=O) groups excluding carboxylic acids is 1. The van der Waals surface area contributed by atoms with Gasteiger partial charge in [0.1, 0.15) is 5.69 Å². The molecule has 1 atom stereocenters. The fourth-order valence-corrected chi connectivity index (χ4v) is 2.02. The zero-order valence-electron chi connectivity index (χ0n) is 10.4. The third-order valence-electron chi connectivity index (χ3n) is 2.52. The van der Waals surface area contributed by atoms with Gasteiger partial charge in [0.25, 0.3) is 5.91 Å². The van der Waals surface area contributed by atoms with Crippen LogP contribution in [0.3, 0.4) is 0 Å². The molecule has 0 saturated carbocycles. The Labute approximate surface area is 105 Å². The summed E-state index contributed by atoms with van der Waals surface area (Å²) in [5, 5.41) is 13.9. The van der Waals surface area contributed by atoms with Crippen molar-refractivity contribution in [2.24, 2.45) is 5.41 Å². The van der Waals surface area contributed by atoms with Gasteiger partial charge >= 0.3 is 0 Å². The number of anilines is 1. The largest absolute Gasteiger partial charge is 0.396 e. The van der Waals surface area contributed by atoms with E-state index in [0.717, 1.165) is 0 Å². The summed E-state index contributed by atoms with van der Waals surface area (Å²) in [4.78, 5) is 15.8. The van der Waals surface area contributed by atoms with Crippen LogP contribution in [0.2, 0.25) is 0 Å². The maximum Gasteiger partial charge on any atom is 0.271 e. The lowest BCUT2D eigenvalue weighted by Crippen LogP contribution is -2.44. The van der Waals surface area contributed by atoms with Crippen molar-refractivity contribution in [1.82, 2.24) is 10.3 Å². The first-order valence-corrected chi connectivity index (χ1v) is 6.35. The number of nitrogens with one attached hydrogen (secondary N) is 1. The van der Waals surface area contributed by atoms with E-state index in [1.54, 1.807) is 5.38 Å². The first kappa shape index (κ1) is 13.9. The van der Waals surface area contributed by atoms with Gasteiger partial charge < -0.3 is 16.2 Å². The minimum Gasteiger partial charge on any atom is -0.396 e. The molecule has 0 bridgehead atoms. The van der Waals surface area contributed by atoms with Crippen molar-refractivity contribution >= 4 is 22.4 Å². The monoisotopic (exact) mass is 257 g/mol. The zero-order chi connectivity index (χ0) is 13.1. The molecule has 5 nitrogen and oxygen atoms in total. The first-order chi connectivity index (χ1) is 7.84. The van der Waals surface area contributed by atoms with E-state index in [0.29, 0.717) is 17.2 Å². The number of aromatic nitrogens is 1. The van der Waals surface area contributed by atoms with E-state index in [1.165, 1.54) is 11.3 Å². The highest BCUT2D eigenvalue weighted by Gasteiger charge is 2.26. The average molecular weight is 257 g/mol. The van der Waals surface area contributed by atoms with Gasteiger partial charge in [-0.2, -0.15) is 0 Å². The third-order valence-corrected chi connectivity index (χ3v) is 3.20. The maximum absolute atomic E-state index is 11.9. The predicted molar refractivity (Wildman–Crippen MR) is 68.9 cm³/mol. The van der Waals surface area contributed by atoms with Gasteiger partial charge in [0.2, 0.25) is 0 Å². The van der Waals surface area contributed by atoms with Gasteiger partial charge in [-0.25, -0.2) is 4.98 Å². The molecule has 0 spiro atoms. The van der Waals surface area contributed by atoms with Crippen LogP contribution in [0, 0.1) is 5.41 Å². The molecule has 0 aliphatic rings. The van der Waals surface area contributed by atoms with Gasteiger partial charge in [-0.15, -0.1) is 11.3 Å². The Morgan fingerprint density at radius 2 is 2.29 bits per heavy atom. The van der Waals surface area contributed by atoms with E-state index in [1.807, 2.05) is 20.8 Å². The fraction of sp³-hybridized carbons (Fsp3) is 0.636. The first-order valence-electron chi connectivity index (χ1n) is 5.47. The second-order valence-corrected chi connectivity index (χ2v) is 5.87. The van der Waals surface area contributed by atoms with E-state index in [2.05, 4.69) is 10.3 Å². The second kappa shape index (κ2) is 5.46. The third kappa shape index (κ3) is 3.98. The topological polar surface area (TPSA) is 88.2 Å². The standard InChI is InChI=1S/C11H19N3O2S/c1-11(2,3)8(4-5-15)14-9(16)7-6-17-10(12)13-7/h6,8,15H,4-5H2,1-3H3,(H2,12,13)(H,14,16). The molecule has 0 aromatic carbocycles. The molecule has 6 heteroatoms. The number of nitrogens with zero attached hydrogens (tertiary/aromatic N) is 1. The van der Waals surface area contributed by atoms with E-state index >= 15 is 0 Å². The maximum atomic E-state index is 11.9. The van der Waals surface area contributed by atoms with Gasteiger partial charge in [-0.3, -0.25) is 4.79 Å². The smallest absolute Gasteiger partial charge is 0.271 e. The minimum absolute atomic E-state index is 0.0431. The van der Waals surface area contributed by atoms with Crippen molar-refractivity contribution in [2.45, 2.75) is 33.2 Å². The van der Waals surface area contributed by atoms with Crippen molar-refractivity contribution in [3.63, 3.8) is 0 Å². The summed E-state index contributed by atoms with van der Waals surface area (Å²) >= 11 is 1.24. The molecule has 96 valence electrons. The van der Waals surface area contributed by atoms with Crippen LogP contribution in [0.5, 0.6) is 0 Å². The number of carbonyl (C=O) groups is 1. The highest BCUT2D eigenvalue weighted by molar-refractivity contribution is 7.13. The van der Waals surface area contributed by atoms with Gasteiger partial charge in [0, 0.05) is 18.0 Å². The number of nitrogen functional groups attached to an aromatic ring is 1. The number of amides is 1. The molecule has 4 N–H and O–H groups in total. The molecule has 1 heterocycles. The van der Waals surface area contributed by atoms with Crippen LogP contribution >= 0.6 is 11.3 Å². The fourth-order valence-electron chi connectivity index (χ4n) is 1.47. The van der Waals surface area contributed by atoms with Gasteiger partial charge in [0.05, 0.1) is 0 Å². The number of hydrogen-bond acceptors (Lipinski definition) is 5. The Morgan fingerprint density at radius 1 is 1.65 bits per heavy atom. The lowest BCUT2D eigenvalue weighted by atomic mass is 9.85. The summed E-state index contributed by atoms with van der Waals surface area (Å²) < 4.78 is 0. The summed E-state index contributed by atoms with van der Waals surface area (Å²) in [7, 11) is 0. The SMILES string of the molecule is CC(C)(C)C(CCO)NC(=O)c1csc(N)n1. The van der Waals surface area contributed by atoms with Crippen molar-refractivity contribution in [3.8, 4) is 0 Å². The second-order valence-electron chi connectivity index (χ2n) is 4.98. The molecule has 0 fully saturated rings. The Kier molecular flexibility index (Phi) is 4.47. The quantitative estimate of drug-likeness (QED) is 0.757. The molecule has 1 rings (SSSR count). The Bertz CT molecular complexity index is 384. The van der Waals surface area contributed by atoms with Crippen molar-refractivity contribution < 1.29 is 9.90 Å². The molecule has 1 unspecified atom stereocenters. The summed E-state index contributed by atoms with van der Waals surface area (Å²) in [6, 6.07) is -0.0945. The summed E-state index contributed by atoms with van der Waals surface area (Å²) in [6.07, 6.45) is 0.523.